The maximum atomic E-state index is 12.1. The highest BCUT2D eigenvalue weighted by atomic mass is 16.2. The highest BCUT2D eigenvalue weighted by Gasteiger charge is 2.27. The Morgan fingerprint density at radius 3 is 2.70 bits per heavy atom. The molecule has 1 fully saturated rings. The SMILES string of the molecule is O=C(C=Cc1ccccc1)N1CCC(n2nccn2)C1. The Kier molecular flexibility index (Phi) is 3.58. The van der Waals surface area contributed by atoms with Crippen LogP contribution in [0.25, 0.3) is 6.08 Å². The first-order chi connectivity index (χ1) is 9.83. The van der Waals surface area contributed by atoms with E-state index in [9.17, 15) is 4.79 Å². The number of hydrogen-bond donors (Lipinski definition) is 0. The molecule has 0 aliphatic carbocycles. The van der Waals surface area contributed by atoms with Crippen LogP contribution >= 0.6 is 0 Å². The Labute approximate surface area is 117 Å². The number of nitrogens with zero attached hydrogens (tertiary/aromatic N) is 4. The minimum atomic E-state index is 0.0449. The van der Waals surface area contributed by atoms with Gasteiger partial charge >= 0.3 is 0 Å². The smallest absolute Gasteiger partial charge is 0.246 e. The molecule has 1 amide bonds. The molecule has 1 aromatic heterocycles. The van der Waals surface area contributed by atoms with Crippen LogP contribution in [0.3, 0.4) is 0 Å². The summed E-state index contributed by atoms with van der Waals surface area (Å²) in [7, 11) is 0. The Hall–Kier alpha value is -2.43. The molecule has 102 valence electrons. The lowest BCUT2D eigenvalue weighted by atomic mass is 10.2. The topological polar surface area (TPSA) is 51.0 Å². The molecule has 1 atom stereocenters. The second-order valence-corrected chi connectivity index (χ2v) is 4.82. The predicted octanol–water partition coefficient (Wildman–Crippen LogP) is 1.76. The number of aromatic nitrogens is 3. The van der Waals surface area contributed by atoms with Gasteiger partial charge in [-0.15, -0.1) is 0 Å². The maximum absolute atomic E-state index is 12.1. The lowest BCUT2D eigenvalue weighted by Crippen LogP contribution is -2.27. The first-order valence-corrected chi connectivity index (χ1v) is 6.71. The van der Waals surface area contributed by atoms with Gasteiger partial charge in [0, 0.05) is 19.2 Å². The summed E-state index contributed by atoms with van der Waals surface area (Å²) < 4.78 is 0. The van der Waals surface area contributed by atoms with Crippen molar-refractivity contribution in [2.24, 2.45) is 0 Å². The van der Waals surface area contributed by atoms with Gasteiger partial charge in [0.05, 0.1) is 18.4 Å². The van der Waals surface area contributed by atoms with Gasteiger partial charge in [0.25, 0.3) is 0 Å². The molecule has 0 radical (unpaired) electrons. The monoisotopic (exact) mass is 268 g/mol. The van der Waals surface area contributed by atoms with Crippen molar-refractivity contribution in [3.8, 4) is 0 Å². The Balaban J connectivity index is 1.60. The number of hydrogen-bond acceptors (Lipinski definition) is 3. The van der Waals surface area contributed by atoms with E-state index in [1.165, 1.54) is 0 Å². The summed E-state index contributed by atoms with van der Waals surface area (Å²) in [5.41, 5.74) is 1.03. The van der Waals surface area contributed by atoms with Gasteiger partial charge in [0.15, 0.2) is 0 Å². The van der Waals surface area contributed by atoms with E-state index in [0.717, 1.165) is 18.5 Å². The molecule has 5 heteroatoms. The van der Waals surface area contributed by atoms with Crippen molar-refractivity contribution in [1.82, 2.24) is 19.9 Å². The molecule has 1 saturated heterocycles. The van der Waals surface area contributed by atoms with E-state index in [4.69, 9.17) is 0 Å². The summed E-state index contributed by atoms with van der Waals surface area (Å²) >= 11 is 0. The highest BCUT2D eigenvalue weighted by molar-refractivity contribution is 5.91. The van der Waals surface area contributed by atoms with Gasteiger partial charge in [0.2, 0.25) is 5.91 Å². The minimum Gasteiger partial charge on any atom is -0.337 e. The van der Waals surface area contributed by atoms with Crippen LogP contribution in [0.4, 0.5) is 0 Å². The van der Waals surface area contributed by atoms with Crippen molar-refractivity contribution in [1.29, 1.82) is 0 Å². The van der Waals surface area contributed by atoms with E-state index in [1.54, 1.807) is 23.3 Å². The molecule has 0 spiro atoms. The number of rotatable bonds is 3. The van der Waals surface area contributed by atoms with Crippen molar-refractivity contribution in [3.05, 3.63) is 54.4 Å². The molecule has 1 unspecified atom stereocenters. The second kappa shape index (κ2) is 5.69. The molecule has 1 aliphatic rings. The van der Waals surface area contributed by atoms with Crippen LogP contribution in [-0.2, 0) is 4.79 Å². The van der Waals surface area contributed by atoms with Crippen LogP contribution in [0.15, 0.2) is 48.8 Å². The van der Waals surface area contributed by atoms with Crippen molar-refractivity contribution >= 4 is 12.0 Å². The van der Waals surface area contributed by atoms with E-state index >= 15 is 0 Å². The van der Waals surface area contributed by atoms with Crippen molar-refractivity contribution in [2.75, 3.05) is 13.1 Å². The van der Waals surface area contributed by atoms with Crippen LogP contribution in [-0.4, -0.2) is 38.9 Å². The first-order valence-electron chi connectivity index (χ1n) is 6.71. The summed E-state index contributed by atoms with van der Waals surface area (Å²) in [6.45, 7) is 1.43. The van der Waals surface area contributed by atoms with Gasteiger partial charge in [-0.05, 0) is 18.1 Å². The Morgan fingerprint density at radius 1 is 1.20 bits per heavy atom. The zero-order valence-electron chi connectivity index (χ0n) is 11.1. The molecule has 5 nitrogen and oxygen atoms in total. The quantitative estimate of drug-likeness (QED) is 0.797. The molecule has 3 rings (SSSR count). The highest BCUT2D eigenvalue weighted by Crippen LogP contribution is 2.19. The number of carbonyl (C=O) groups excluding carboxylic acids is 1. The molecule has 0 N–H and O–H groups in total. The third-order valence-corrected chi connectivity index (χ3v) is 3.46. The predicted molar refractivity (Wildman–Crippen MR) is 75.7 cm³/mol. The summed E-state index contributed by atoms with van der Waals surface area (Å²) in [6, 6.07) is 10.0. The Bertz CT molecular complexity index is 592. The molecule has 0 saturated carbocycles. The maximum Gasteiger partial charge on any atom is 0.246 e. The number of benzene rings is 1. The van der Waals surface area contributed by atoms with E-state index in [0.29, 0.717) is 6.54 Å². The third kappa shape index (κ3) is 2.77. The lowest BCUT2D eigenvalue weighted by molar-refractivity contribution is -0.125. The van der Waals surface area contributed by atoms with Gasteiger partial charge in [-0.25, -0.2) is 0 Å². The second-order valence-electron chi connectivity index (χ2n) is 4.82. The first kappa shape index (κ1) is 12.6. The van der Waals surface area contributed by atoms with E-state index in [-0.39, 0.29) is 11.9 Å². The average molecular weight is 268 g/mol. The summed E-state index contributed by atoms with van der Waals surface area (Å²) in [5, 5.41) is 8.27. The van der Waals surface area contributed by atoms with Gasteiger partial charge in [0.1, 0.15) is 0 Å². The van der Waals surface area contributed by atoms with Crippen molar-refractivity contribution < 1.29 is 4.79 Å². The molecular formula is C15H16N4O. The molecule has 2 heterocycles. The van der Waals surface area contributed by atoms with E-state index in [2.05, 4.69) is 10.2 Å². The average Bonchev–Trinajstić information content (AvgIpc) is 3.16. The number of carbonyl (C=O) groups is 1. The van der Waals surface area contributed by atoms with Crippen LogP contribution in [0, 0.1) is 0 Å². The van der Waals surface area contributed by atoms with Gasteiger partial charge < -0.3 is 4.90 Å². The normalized spacial score (nSPS) is 18.8. The van der Waals surface area contributed by atoms with Gasteiger partial charge in [-0.3, -0.25) is 4.79 Å². The number of amides is 1. The van der Waals surface area contributed by atoms with Crippen molar-refractivity contribution in [3.63, 3.8) is 0 Å². The van der Waals surface area contributed by atoms with E-state index in [1.807, 2.05) is 41.3 Å². The fourth-order valence-corrected chi connectivity index (χ4v) is 2.38. The standard InChI is InChI=1S/C15H16N4O/c20-15(7-6-13-4-2-1-3-5-13)18-11-8-14(12-18)19-16-9-10-17-19/h1-7,9-10,14H,8,11-12H2. The van der Waals surface area contributed by atoms with Crippen LogP contribution in [0.1, 0.15) is 18.0 Å². The van der Waals surface area contributed by atoms with Crippen LogP contribution in [0.5, 0.6) is 0 Å². The zero-order valence-corrected chi connectivity index (χ0v) is 11.1. The minimum absolute atomic E-state index is 0.0449. The van der Waals surface area contributed by atoms with Gasteiger partial charge in [-0.1, -0.05) is 30.3 Å². The largest absolute Gasteiger partial charge is 0.337 e. The summed E-state index contributed by atoms with van der Waals surface area (Å²) in [4.78, 5) is 15.7. The Morgan fingerprint density at radius 2 is 1.95 bits per heavy atom. The lowest BCUT2D eigenvalue weighted by Gasteiger charge is -2.13. The molecule has 20 heavy (non-hydrogen) atoms. The van der Waals surface area contributed by atoms with Crippen molar-refractivity contribution in [2.45, 2.75) is 12.5 Å². The number of likely N-dealkylation sites (tertiary alicyclic amines) is 1. The molecule has 2 aromatic rings. The summed E-state index contributed by atoms with van der Waals surface area (Å²) in [5.74, 6) is 0.0449. The zero-order chi connectivity index (χ0) is 13.8. The summed E-state index contributed by atoms with van der Waals surface area (Å²) in [6.07, 6.45) is 7.72. The van der Waals surface area contributed by atoms with E-state index < -0.39 is 0 Å². The molecule has 1 aromatic carbocycles. The van der Waals surface area contributed by atoms with Crippen LogP contribution < -0.4 is 0 Å². The fourth-order valence-electron chi connectivity index (χ4n) is 2.38. The molecular weight excluding hydrogens is 252 g/mol. The van der Waals surface area contributed by atoms with Crippen LogP contribution in [0.2, 0.25) is 0 Å². The fraction of sp³-hybridized carbons (Fsp3) is 0.267. The molecule has 0 bridgehead atoms. The van der Waals surface area contributed by atoms with Gasteiger partial charge in [-0.2, -0.15) is 15.0 Å². The third-order valence-electron chi connectivity index (χ3n) is 3.46. The molecule has 1 aliphatic heterocycles.